The zero-order valence-corrected chi connectivity index (χ0v) is 7.05. The Hall–Kier alpha value is -0.0800. The summed E-state index contributed by atoms with van der Waals surface area (Å²) in [4.78, 5) is 2.37. The molecule has 0 aromatic carbocycles. The van der Waals surface area contributed by atoms with Crippen molar-refractivity contribution in [3.05, 3.63) is 6.04 Å². The Bertz CT molecular complexity index is 103. The van der Waals surface area contributed by atoms with Crippen molar-refractivity contribution in [3.63, 3.8) is 0 Å². The van der Waals surface area contributed by atoms with Crippen molar-refractivity contribution in [1.82, 2.24) is 4.90 Å². The van der Waals surface area contributed by atoms with Gasteiger partial charge in [0.1, 0.15) is 0 Å². The Morgan fingerprint density at radius 1 is 1.50 bits per heavy atom. The van der Waals surface area contributed by atoms with Crippen LogP contribution in [0, 0.1) is 6.04 Å². The van der Waals surface area contributed by atoms with Gasteiger partial charge in [0.15, 0.2) is 0 Å². The zero-order chi connectivity index (χ0) is 7.56. The van der Waals surface area contributed by atoms with E-state index in [1.807, 2.05) is 0 Å². The number of hydrogen-bond acceptors (Lipinski definition) is 2. The molecule has 1 atom stereocenters. The summed E-state index contributed by atoms with van der Waals surface area (Å²) in [5, 5.41) is 0. The van der Waals surface area contributed by atoms with E-state index in [0.717, 1.165) is 19.7 Å². The van der Waals surface area contributed by atoms with E-state index < -0.39 is 0 Å². The fourth-order valence-corrected chi connectivity index (χ4v) is 1.22. The topological polar surface area (TPSA) is 12.5 Å². The first-order valence-electron chi connectivity index (χ1n) is 3.87. The van der Waals surface area contributed by atoms with Crippen LogP contribution in [-0.2, 0) is 4.74 Å². The normalized spacial score (nSPS) is 29.4. The summed E-state index contributed by atoms with van der Waals surface area (Å²) >= 11 is 0. The van der Waals surface area contributed by atoms with E-state index in [0.29, 0.717) is 6.10 Å². The molecule has 10 heavy (non-hydrogen) atoms. The second-order valence-electron chi connectivity index (χ2n) is 3.07. The van der Waals surface area contributed by atoms with E-state index in [1.165, 1.54) is 6.04 Å². The summed E-state index contributed by atoms with van der Waals surface area (Å²) in [7, 11) is 0. The highest BCUT2D eigenvalue weighted by Gasteiger charge is 2.18. The third-order valence-electron chi connectivity index (χ3n) is 1.87. The molecule has 1 saturated heterocycles. The maximum Gasteiger partial charge on any atom is 0.0674 e. The predicted octanol–water partition coefficient (Wildman–Crippen LogP) is 1.28. The van der Waals surface area contributed by atoms with Crippen LogP contribution in [0.15, 0.2) is 0 Å². The maximum atomic E-state index is 5.40. The SMILES string of the molecule is C[C](C)N1CCOC(C)C1. The van der Waals surface area contributed by atoms with Crippen LogP contribution < -0.4 is 0 Å². The molecule has 0 aromatic heterocycles. The van der Waals surface area contributed by atoms with Crippen molar-refractivity contribution < 1.29 is 4.74 Å². The highest BCUT2D eigenvalue weighted by molar-refractivity contribution is 4.82. The van der Waals surface area contributed by atoms with Gasteiger partial charge < -0.3 is 4.74 Å². The lowest BCUT2D eigenvalue weighted by Crippen LogP contribution is -2.41. The average Bonchev–Trinajstić information content (AvgIpc) is 1.88. The van der Waals surface area contributed by atoms with Crippen molar-refractivity contribution in [3.8, 4) is 0 Å². The van der Waals surface area contributed by atoms with Crippen LogP contribution in [0.4, 0.5) is 0 Å². The van der Waals surface area contributed by atoms with Gasteiger partial charge in [-0.15, -0.1) is 0 Å². The Labute approximate surface area is 63.2 Å². The predicted molar refractivity (Wildman–Crippen MR) is 41.6 cm³/mol. The standard InChI is InChI=1S/C8H16NO/c1-7(2)9-4-5-10-8(3)6-9/h8H,4-6H2,1-3H3. The first kappa shape index (κ1) is 8.02. The Kier molecular flexibility index (Phi) is 2.69. The molecule has 1 aliphatic rings. The van der Waals surface area contributed by atoms with E-state index in [2.05, 4.69) is 25.7 Å². The molecule has 0 saturated carbocycles. The molecule has 0 amide bonds. The molecule has 1 heterocycles. The average molecular weight is 142 g/mol. The summed E-state index contributed by atoms with van der Waals surface area (Å²) in [6.07, 6.45) is 0.406. The van der Waals surface area contributed by atoms with Crippen LogP contribution in [0.25, 0.3) is 0 Å². The molecule has 0 aromatic rings. The lowest BCUT2D eigenvalue weighted by molar-refractivity contribution is -0.0142. The minimum Gasteiger partial charge on any atom is -0.376 e. The summed E-state index contributed by atoms with van der Waals surface area (Å²) in [5.74, 6) is 0. The van der Waals surface area contributed by atoms with Gasteiger partial charge in [0.25, 0.3) is 0 Å². The first-order valence-corrected chi connectivity index (χ1v) is 3.87. The molecule has 2 heteroatoms. The van der Waals surface area contributed by atoms with Crippen LogP contribution in [0.3, 0.4) is 0 Å². The zero-order valence-electron chi connectivity index (χ0n) is 7.05. The van der Waals surface area contributed by atoms with Gasteiger partial charge in [-0.1, -0.05) is 0 Å². The van der Waals surface area contributed by atoms with Gasteiger partial charge in [-0.2, -0.15) is 0 Å². The molecule has 1 unspecified atom stereocenters. The van der Waals surface area contributed by atoms with Crippen molar-refractivity contribution in [2.24, 2.45) is 0 Å². The smallest absolute Gasteiger partial charge is 0.0674 e. The van der Waals surface area contributed by atoms with Gasteiger partial charge in [-0.3, -0.25) is 4.90 Å². The van der Waals surface area contributed by atoms with Gasteiger partial charge in [0, 0.05) is 19.1 Å². The van der Waals surface area contributed by atoms with E-state index in [-0.39, 0.29) is 0 Å². The number of ether oxygens (including phenoxy) is 1. The van der Waals surface area contributed by atoms with Crippen LogP contribution in [-0.4, -0.2) is 30.7 Å². The van der Waals surface area contributed by atoms with Crippen molar-refractivity contribution >= 4 is 0 Å². The van der Waals surface area contributed by atoms with Crippen LogP contribution in [0.1, 0.15) is 20.8 Å². The fourth-order valence-electron chi connectivity index (χ4n) is 1.22. The van der Waals surface area contributed by atoms with Gasteiger partial charge in [-0.05, 0) is 20.8 Å². The Balaban J connectivity index is 2.32. The van der Waals surface area contributed by atoms with Crippen LogP contribution >= 0.6 is 0 Å². The Morgan fingerprint density at radius 3 is 2.60 bits per heavy atom. The summed E-state index contributed by atoms with van der Waals surface area (Å²) in [5.41, 5.74) is 0. The van der Waals surface area contributed by atoms with Crippen molar-refractivity contribution in [2.75, 3.05) is 19.7 Å². The molecule has 1 rings (SSSR count). The molecule has 1 radical (unpaired) electrons. The lowest BCUT2D eigenvalue weighted by atomic mass is 10.2. The molecule has 2 nitrogen and oxygen atoms in total. The van der Waals surface area contributed by atoms with Crippen LogP contribution in [0.2, 0.25) is 0 Å². The number of nitrogens with zero attached hydrogens (tertiary/aromatic N) is 1. The van der Waals surface area contributed by atoms with Crippen LogP contribution in [0.5, 0.6) is 0 Å². The summed E-state index contributed by atoms with van der Waals surface area (Å²) in [6.45, 7) is 9.42. The minimum atomic E-state index is 0.406. The molecule has 0 bridgehead atoms. The lowest BCUT2D eigenvalue weighted by Gasteiger charge is -2.33. The van der Waals surface area contributed by atoms with Gasteiger partial charge >= 0.3 is 0 Å². The Morgan fingerprint density at radius 2 is 2.20 bits per heavy atom. The van der Waals surface area contributed by atoms with E-state index in [9.17, 15) is 0 Å². The molecular weight excluding hydrogens is 126 g/mol. The number of hydrogen-bond donors (Lipinski definition) is 0. The highest BCUT2D eigenvalue weighted by atomic mass is 16.5. The first-order chi connectivity index (χ1) is 4.70. The molecule has 1 fully saturated rings. The largest absolute Gasteiger partial charge is 0.376 e. The van der Waals surface area contributed by atoms with Crippen molar-refractivity contribution in [2.45, 2.75) is 26.9 Å². The number of morpholine rings is 1. The van der Waals surface area contributed by atoms with E-state index in [1.54, 1.807) is 0 Å². The summed E-state index contributed by atoms with van der Waals surface area (Å²) in [6, 6.07) is 1.40. The van der Waals surface area contributed by atoms with Gasteiger partial charge in [0.2, 0.25) is 0 Å². The molecule has 1 aliphatic heterocycles. The monoisotopic (exact) mass is 142 g/mol. The second kappa shape index (κ2) is 3.35. The fraction of sp³-hybridized carbons (Fsp3) is 0.875. The van der Waals surface area contributed by atoms with Crippen molar-refractivity contribution in [1.29, 1.82) is 0 Å². The summed E-state index contributed by atoms with van der Waals surface area (Å²) < 4.78 is 5.40. The minimum absolute atomic E-state index is 0.406. The molecule has 0 N–H and O–H groups in total. The molecular formula is C8H16NO. The highest BCUT2D eigenvalue weighted by Crippen LogP contribution is 2.11. The second-order valence-corrected chi connectivity index (χ2v) is 3.07. The number of rotatable bonds is 1. The van der Waals surface area contributed by atoms with Gasteiger partial charge in [-0.25, -0.2) is 0 Å². The van der Waals surface area contributed by atoms with Gasteiger partial charge in [0.05, 0.1) is 12.7 Å². The molecule has 0 spiro atoms. The van der Waals surface area contributed by atoms with E-state index >= 15 is 0 Å². The molecule has 59 valence electrons. The third-order valence-corrected chi connectivity index (χ3v) is 1.87. The third kappa shape index (κ3) is 1.96. The quantitative estimate of drug-likeness (QED) is 0.547. The maximum absolute atomic E-state index is 5.40. The van der Waals surface area contributed by atoms with E-state index in [4.69, 9.17) is 4.74 Å². The molecule has 0 aliphatic carbocycles.